The van der Waals surface area contributed by atoms with Gasteiger partial charge in [-0.1, -0.05) is 13.0 Å². The first-order chi connectivity index (χ1) is 16.3. The third-order valence-corrected chi connectivity index (χ3v) is 6.19. The summed E-state index contributed by atoms with van der Waals surface area (Å²) in [5, 5.41) is 3.28. The lowest BCUT2D eigenvalue weighted by Crippen LogP contribution is -2.48. The van der Waals surface area contributed by atoms with Crippen molar-refractivity contribution in [1.82, 2.24) is 19.9 Å². The Morgan fingerprint density at radius 1 is 1.18 bits per heavy atom. The Morgan fingerprint density at radius 3 is 2.76 bits per heavy atom. The lowest BCUT2D eigenvalue weighted by atomic mass is 9.80. The number of likely N-dealkylation sites (tertiary alicyclic amines) is 1. The van der Waals surface area contributed by atoms with Crippen LogP contribution in [0.1, 0.15) is 41.6 Å². The summed E-state index contributed by atoms with van der Waals surface area (Å²) in [5.41, 5.74) is 1.94. The molecule has 1 fully saturated rings. The summed E-state index contributed by atoms with van der Waals surface area (Å²) in [6, 6.07) is 13.1. The summed E-state index contributed by atoms with van der Waals surface area (Å²) in [7, 11) is 5.58. The van der Waals surface area contributed by atoms with Crippen molar-refractivity contribution in [3.8, 4) is 5.75 Å². The van der Waals surface area contributed by atoms with Gasteiger partial charge in [0, 0.05) is 62.3 Å². The van der Waals surface area contributed by atoms with Gasteiger partial charge in [0.2, 0.25) is 0 Å². The van der Waals surface area contributed by atoms with E-state index < -0.39 is 0 Å². The second-order valence-electron chi connectivity index (χ2n) is 9.23. The fourth-order valence-electron chi connectivity index (χ4n) is 4.33. The largest absolute Gasteiger partial charge is 0.497 e. The molecule has 1 aliphatic heterocycles. The Kier molecular flexibility index (Phi) is 6.68. The summed E-state index contributed by atoms with van der Waals surface area (Å²) in [5.74, 6) is 2.87. The Labute approximate surface area is 201 Å². The second-order valence-corrected chi connectivity index (χ2v) is 9.23. The molecule has 1 aliphatic rings. The number of hydrogen-bond acceptors (Lipinski definition) is 7. The molecule has 0 radical (unpaired) electrons. The number of aromatic nitrogens is 3. The van der Waals surface area contributed by atoms with E-state index in [-0.39, 0.29) is 11.3 Å². The molecular weight excluding hydrogens is 428 g/mol. The van der Waals surface area contributed by atoms with Crippen LogP contribution in [0.5, 0.6) is 5.75 Å². The maximum atomic E-state index is 13.7. The molecule has 2 aromatic heterocycles. The number of aryl methyl sites for hydroxylation is 1. The van der Waals surface area contributed by atoms with Gasteiger partial charge in [-0.2, -0.15) is 0 Å². The van der Waals surface area contributed by atoms with Crippen molar-refractivity contribution in [2.45, 2.75) is 32.1 Å². The van der Waals surface area contributed by atoms with E-state index in [4.69, 9.17) is 14.7 Å². The smallest absolute Gasteiger partial charge is 0.257 e. The molecule has 1 N–H and O–H groups in total. The molecule has 34 heavy (non-hydrogen) atoms. The standard InChI is InChI=1S/C26H32N6O2/c1-18-15-22(31(3)4)30-25(28-18)26(2)12-8-14-32(17-26)24(33)21-11-7-13-27-23(21)29-19-9-6-10-20(16-19)34-5/h6-7,9-11,13,15-16H,8,12,14,17H2,1-5H3,(H,27,29)/t26-/m1/s1. The molecular formula is C26H32N6O2. The van der Waals surface area contributed by atoms with E-state index in [1.54, 1.807) is 19.4 Å². The van der Waals surface area contributed by atoms with E-state index in [9.17, 15) is 4.79 Å². The fraction of sp³-hybridized carbons (Fsp3) is 0.385. The molecule has 3 aromatic rings. The van der Waals surface area contributed by atoms with Gasteiger partial charge >= 0.3 is 0 Å². The zero-order valence-electron chi connectivity index (χ0n) is 20.5. The normalized spacial score (nSPS) is 17.9. The third kappa shape index (κ3) is 4.95. The van der Waals surface area contributed by atoms with Crippen LogP contribution in [0.4, 0.5) is 17.3 Å². The molecule has 0 saturated carbocycles. The Bertz CT molecular complexity index is 1180. The van der Waals surface area contributed by atoms with E-state index in [1.165, 1.54) is 0 Å². The fourth-order valence-corrected chi connectivity index (χ4v) is 4.33. The number of benzene rings is 1. The molecule has 8 nitrogen and oxygen atoms in total. The van der Waals surface area contributed by atoms with Crippen LogP contribution in [0.3, 0.4) is 0 Å². The van der Waals surface area contributed by atoms with Crippen LogP contribution in [-0.4, -0.2) is 60.1 Å². The average molecular weight is 461 g/mol. The minimum absolute atomic E-state index is 0.0510. The first-order valence-corrected chi connectivity index (χ1v) is 11.5. The van der Waals surface area contributed by atoms with Crippen LogP contribution < -0.4 is 15.0 Å². The highest BCUT2D eigenvalue weighted by Gasteiger charge is 2.38. The van der Waals surface area contributed by atoms with E-state index in [2.05, 4.69) is 17.2 Å². The minimum Gasteiger partial charge on any atom is -0.497 e. The second kappa shape index (κ2) is 9.67. The van der Waals surface area contributed by atoms with E-state index in [1.807, 2.05) is 67.2 Å². The zero-order chi connectivity index (χ0) is 24.3. The van der Waals surface area contributed by atoms with Crippen LogP contribution in [0.15, 0.2) is 48.7 Å². The van der Waals surface area contributed by atoms with Crippen molar-refractivity contribution >= 4 is 23.2 Å². The predicted molar refractivity (Wildman–Crippen MR) is 134 cm³/mol. The summed E-state index contributed by atoms with van der Waals surface area (Å²) >= 11 is 0. The average Bonchev–Trinajstić information content (AvgIpc) is 2.83. The number of ether oxygens (including phenoxy) is 1. The number of amides is 1. The molecule has 1 saturated heterocycles. The van der Waals surface area contributed by atoms with Crippen molar-refractivity contribution in [3.63, 3.8) is 0 Å². The summed E-state index contributed by atoms with van der Waals surface area (Å²) in [4.78, 5) is 31.6. The molecule has 0 aliphatic carbocycles. The monoisotopic (exact) mass is 460 g/mol. The van der Waals surface area contributed by atoms with Gasteiger partial charge < -0.3 is 19.9 Å². The molecule has 178 valence electrons. The van der Waals surface area contributed by atoms with Gasteiger partial charge in [-0.05, 0) is 44.0 Å². The topological polar surface area (TPSA) is 83.5 Å². The SMILES string of the molecule is COc1cccc(Nc2ncccc2C(=O)N2CCC[C@@](C)(c3nc(C)cc(N(C)C)n3)C2)c1. The van der Waals surface area contributed by atoms with Crippen LogP contribution >= 0.6 is 0 Å². The van der Waals surface area contributed by atoms with Crippen LogP contribution in [0.2, 0.25) is 0 Å². The molecule has 8 heteroatoms. The Hall–Kier alpha value is -3.68. The molecule has 0 unspecified atom stereocenters. The number of piperidine rings is 1. The number of hydrogen-bond donors (Lipinski definition) is 1. The molecule has 0 bridgehead atoms. The number of nitrogens with one attached hydrogen (secondary N) is 1. The van der Waals surface area contributed by atoms with Crippen molar-refractivity contribution in [2.24, 2.45) is 0 Å². The van der Waals surface area contributed by atoms with E-state index in [0.29, 0.717) is 24.5 Å². The number of nitrogens with zero attached hydrogens (tertiary/aromatic N) is 5. The number of anilines is 3. The lowest BCUT2D eigenvalue weighted by Gasteiger charge is -2.40. The molecule has 1 amide bonds. The van der Waals surface area contributed by atoms with Crippen LogP contribution in [0.25, 0.3) is 0 Å². The predicted octanol–water partition coefficient (Wildman–Crippen LogP) is 4.19. The van der Waals surface area contributed by atoms with Gasteiger partial charge in [0.05, 0.1) is 12.7 Å². The van der Waals surface area contributed by atoms with Crippen molar-refractivity contribution < 1.29 is 9.53 Å². The lowest BCUT2D eigenvalue weighted by molar-refractivity contribution is 0.0645. The first-order valence-electron chi connectivity index (χ1n) is 11.5. The number of rotatable bonds is 6. The first kappa shape index (κ1) is 23.5. The van der Waals surface area contributed by atoms with Gasteiger partial charge in [-0.25, -0.2) is 15.0 Å². The number of carbonyl (C=O) groups is 1. The Morgan fingerprint density at radius 2 is 2.00 bits per heavy atom. The number of carbonyl (C=O) groups excluding carboxylic acids is 1. The maximum Gasteiger partial charge on any atom is 0.257 e. The van der Waals surface area contributed by atoms with Crippen LogP contribution in [0, 0.1) is 6.92 Å². The van der Waals surface area contributed by atoms with Gasteiger partial charge in [0.25, 0.3) is 5.91 Å². The third-order valence-electron chi connectivity index (χ3n) is 6.19. The molecule has 0 spiro atoms. The van der Waals surface area contributed by atoms with Crippen LogP contribution in [-0.2, 0) is 5.41 Å². The van der Waals surface area contributed by atoms with Crippen molar-refractivity contribution in [3.05, 3.63) is 65.7 Å². The maximum absolute atomic E-state index is 13.7. The van der Waals surface area contributed by atoms with Crippen molar-refractivity contribution in [1.29, 1.82) is 0 Å². The molecule has 1 aromatic carbocycles. The van der Waals surface area contributed by atoms with Gasteiger partial charge in [0.1, 0.15) is 23.2 Å². The number of pyridine rings is 1. The van der Waals surface area contributed by atoms with E-state index in [0.717, 1.165) is 41.6 Å². The summed E-state index contributed by atoms with van der Waals surface area (Å²) in [6.45, 7) is 5.38. The summed E-state index contributed by atoms with van der Waals surface area (Å²) < 4.78 is 5.31. The minimum atomic E-state index is -0.326. The molecule has 4 rings (SSSR count). The zero-order valence-corrected chi connectivity index (χ0v) is 20.5. The van der Waals surface area contributed by atoms with Crippen molar-refractivity contribution in [2.75, 3.05) is 44.5 Å². The Balaban J connectivity index is 1.59. The summed E-state index contributed by atoms with van der Waals surface area (Å²) in [6.07, 6.45) is 3.49. The quantitative estimate of drug-likeness (QED) is 0.590. The van der Waals surface area contributed by atoms with E-state index >= 15 is 0 Å². The van der Waals surface area contributed by atoms with Gasteiger partial charge in [-0.3, -0.25) is 4.79 Å². The highest BCUT2D eigenvalue weighted by Crippen LogP contribution is 2.34. The van der Waals surface area contributed by atoms with Gasteiger partial charge in [-0.15, -0.1) is 0 Å². The highest BCUT2D eigenvalue weighted by atomic mass is 16.5. The van der Waals surface area contributed by atoms with Gasteiger partial charge in [0.15, 0.2) is 0 Å². The molecule has 1 atom stereocenters. The highest BCUT2D eigenvalue weighted by molar-refractivity contribution is 5.99. The molecule has 3 heterocycles. The number of methoxy groups -OCH3 is 1.